The van der Waals surface area contributed by atoms with Crippen LogP contribution in [0.25, 0.3) is 0 Å². The van der Waals surface area contributed by atoms with E-state index in [1.54, 1.807) is 23.0 Å². The van der Waals surface area contributed by atoms with E-state index >= 15 is 0 Å². The third-order valence-corrected chi connectivity index (χ3v) is 4.47. The van der Waals surface area contributed by atoms with Crippen molar-refractivity contribution in [2.45, 2.75) is 11.4 Å². The summed E-state index contributed by atoms with van der Waals surface area (Å²) in [6, 6.07) is 6.01. The van der Waals surface area contributed by atoms with Gasteiger partial charge in [-0.2, -0.15) is 0 Å². The molecular weight excluding hydrogens is 300 g/mol. The molecular formula is C12H14N2O4S2. The molecule has 2 rings (SSSR count). The van der Waals surface area contributed by atoms with Gasteiger partial charge >= 0.3 is 0 Å². The molecule has 0 saturated heterocycles. The summed E-state index contributed by atoms with van der Waals surface area (Å²) in [6.45, 7) is 0.248. The first-order valence-electron chi connectivity index (χ1n) is 5.82. The van der Waals surface area contributed by atoms with Crippen molar-refractivity contribution >= 4 is 21.4 Å². The van der Waals surface area contributed by atoms with Gasteiger partial charge in [-0.1, -0.05) is 0 Å². The van der Waals surface area contributed by atoms with E-state index < -0.39 is 10.0 Å². The molecule has 1 aromatic heterocycles. The molecule has 0 aliphatic rings. The summed E-state index contributed by atoms with van der Waals surface area (Å²) in [7, 11) is -3.56. The SMILES string of the molecule is O=S(=O)(NCc1cscn1)c1ccc(OCCO)cc1. The van der Waals surface area contributed by atoms with E-state index in [9.17, 15) is 8.42 Å². The molecule has 0 radical (unpaired) electrons. The summed E-state index contributed by atoms with van der Waals surface area (Å²) in [5, 5.41) is 10.4. The molecule has 0 spiro atoms. The Labute approximate surface area is 121 Å². The summed E-state index contributed by atoms with van der Waals surface area (Å²) >= 11 is 1.41. The maximum Gasteiger partial charge on any atom is 0.240 e. The Balaban J connectivity index is 2.01. The van der Waals surface area contributed by atoms with Gasteiger partial charge < -0.3 is 9.84 Å². The van der Waals surface area contributed by atoms with Gasteiger partial charge in [0, 0.05) is 5.38 Å². The number of sulfonamides is 1. The third-order valence-electron chi connectivity index (χ3n) is 2.42. The highest BCUT2D eigenvalue weighted by molar-refractivity contribution is 7.89. The van der Waals surface area contributed by atoms with Crippen molar-refractivity contribution < 1.29 is 18.3 Å². The molecule has 0 unspecified atom stereocenters. The number of aliphatic hydroxyl groups excluding tert-OH is 1. The fraction of sp³-hybridized carbons (Fsp3) is 0.250. The van der Waals surface area contributed by atoms with Crippen molar-refractivity contribution in [3.63, 3.8) is 0 Å². The Morgan fingerprint density at radius 3 is 2.65 bits per heavy atom. The maximum atomic E-state index is 12.0. The second-order valence-corrected chi connectivity index (χ2v) is 6.33. The largest absolute Gasteiger partial charge is 0.491 e. The van der Waals surface area contributed by atoms with Crippen molar-refractivity contribution in [2.24, 2.45) is 0 Å². The highest BCUT2D eigenvalue weighted by Gasteiger charge is 2.14. The standard InChI is InChI=1S/C12H14N2O4S2/c15-5-6-18-11-1-3-12(4-2-11)20(16,17)14-7-10-8-19-9-13-10/h1-4,8-9,14-15H,5-7H2. The van der Waals surface area contributed by atoms with Crippen molar-refractivity contribution in [2.75, 3.05) is 13.2 Å². The fourth-order valence-corrected chi connectivity index (χ4v) is 3.01. The van der Waals surface area contributed by atoms with Crippen LogP contribution in [0.4, 0.5) is 0 Å². The lowest BCUT2D eigenvalue weighted by Crippen LogP contribution is -2.23. The summed E-state index contributed by atoms with van der Waals surface area (Å²) in [5.41, 5.74) is 2.33. The van der Waals surface area contributed by atoms with Gasteiger partial charge in [0.1, 0.15) is 12.4 Å². The average molecular weight is 314 g/mol. The highest BCUT2D eigenvalue weighted by atomic mass is 32.2. The summed E-state index contributed by atoms with van der Waals surface area (Å²) in [4.78, 5) is 4.17. The van der Waals surface area contributed by atoms with Gasteiger partial charge in [-0.15, -0.1) is 11.3 Å². The van der Waals surface area contributed by atoms with Crippen molar-refractivity contribution in [1.82, 2.24) is 9.71 Å². The monoisotopic (exact) mass is 314 g/mol. The number of ether oxygens (including phenoxy) is 1. The van der Waals surface area contributed by atoms with E-state index in [4.69, 9.17) is 9.84 Å². The number of benzene rings is 1. The van der Waals surface area contributed by atoms with Crippen LogP contribution in [0.3, 0.4) is 0 Å². The number of aromatic nitrogens is 1. The van der Waals surface area contributed by atoms with Crippen molar-refractivity contribution in [1.29, 1.82) is 0 Å². The number of nitrogens with zero attached hydrogens (tertiary/aromatic N) is 1. The van der Waals surface area contributed by atoms with Crippen molar-refractivity contribution in [3.8, 4) is 5.75 Å². The molecule has 2 aromatic rings. The van der Waals surface area contributed by atoms with E-state index in [-0.39, 0.29) is 24.7 Å². The Hall–Kier alpha value is -1.48. The minimum Gasteiger partial charge on any atom is -0.491 e. The van der Waals surface area contributed by atoms with E-state index in [0.29, 0.717) is 11.4 Å². The normalized spacial score (nSPS) is 11.4. The summed E-state index contributed by atoms with van der Waals surface area (Å²) in [6.07, 6.45) is 0. The lowest BCUT2D eigenvalue weighted by molar-refractivity contribution is 0.201. The molecule has 0 atom stereocenters. The second kappa shape index (κ2) is 6.80. The predicted molar refractivity (Wildman–Crippen MR) is 75.2 cm³/mol. The van der Waals surface area contributed by atoms with Crippen LogP contribution in [0.2, 0.25) is 0 Å². The van der Waals surface area contributed by atoms with Gasteiger partial charge in [0.2, 0.25) is 10.0 Å². The molecule has 0 bridgehead atoms. The predicted octanol–water partition coefficient (Wildman–Crippen LogP) is 0.993. The van der Waals surface area contributed by atoms with Gasteiger partial charge in [-0.25, -0.2) is 18.1 Å². The van der Waals surface area contributed by atoms with Gasteiger partial charge in [0.15, 0.2) is 0 Å². The van der Waals surface area contributed by atoms with Gasteiger partial charge in [-0.05, 0) is 24.3 Å². The van der Waals surface area contributed by atoms with Crippen LogP contribution in [0, 0.1) is 0 Å². The summed E-state index contributed by atoms with van der Waals surface area (Å²) in [5.74, 6) is 0.512. The van der Waals surface area contributed by atoms with E-state index in [2.05, 4.69) is 9.71 Å². The quantitative estimate of drug-likeness (QED) is 0.796. The van der Waals surface area contributed by atoms with Crippen molar-refractivity contribution in [3.05, 3.63) is 40.8 Å². The van der Waals surface area contributed by atoms with Crippen LogP contribution < -0.4 is 9.46 Å². The smallest absolute Gasteiger partial charge is 0.240 e. The Morgan fingerprint density at radius 1 is 1.30 bits per heavy atom. The third kappa shape index (κ3) is 4.01. The number of thiazole rings is 1. The molecule has 0 aliphatic heterocycles. The average Bonchev–Trinajstić information content (AvgIpc) is 2.97. The molecule has 1 aromatic carbocycles. The minimum absolute atomic E-state index is 0.0880. The first-order chi connectivity index (χ1) is 9.62. The molecule has 1 heterocycles. The molecule has 8 heteroatoms. The minimum atomic E-state index is -3.56. The molecule has 0 aliphatic carbocycles. The maximum absolute atomic E-state index is 12.0. The Kier molecular flexibility index (Phi) is 5.07. The van der Waals surface area contributed by atoms with E-state index in [0.717, 1.165) is 0 Å². The number of hydrogen-bond acceptors (Lipinski definition) is 6. The number of aliphatic hydroxyl groups is 1. The molecule has 0 fully saturated rings. The molecule has 2 N–H and O–H groups in total. The first-order valence-corrected chi connectivity index (χ1v) is 8.25. The van der Waals surface area contributed by atoms with Crippen LogP contribution in [0.1, 0.15) is 5.69 Å². The molecule has 20 heavy (non-hydrogen) atoms. The van der Waals surface area contributed by atoms with Gasteiger partial charge in [0.05, 0.1) is 29.3 Å². The zero-order valence-corrected chi connectivity index (χ0v) is 12.2. The van der Waals surface area contributed by atoms with E-state index in [1.165, 1.54) is 23.5 Å². The molecule has 108 valence electrons. The Bertz CT molecular complexity index is 624. The zero-order chi connectivity index (χ0) is 14.4. The molecule has 0 saturated carbocycles. The summed E-state index contributed by atoms with van der Waals surface area (Å²) < 4.78 is 31.7. The van der Waals surface area contributed by atoms with Crippen LogP contribution in [0.5, 0.6) is 5.75 Å². The fourth-order valence-electron chi connectivity index (χ4n) is 1.46. The molecule has 6 nitrogen and oxygen atoms in total. The second-order valence-electron chi connectivity index (χ2n) is 3.85. The molecule has 0 amide bonds. The number of hydrogen-bond donors (Lipinski definition) is 2. The van der Waals surface area contributed by atoms with Crippen LogP contribution in [0.15, 0.2) is 40.1 Å². The van der Waals surface area contributed by atoms with Crippen LogP contribution in [-0.2, 0) is 16.6 Å². The van der Waals surface area contributed by atoms with Gasteiger partial charge in [0.25, 0.3) is 0 Å². The number of rotatable bonds is 7. The lowest BCUT2D eigenvalue weighted by Gasteiger charge is -2.07. The zero-order valence-electron chi connectivity index (χ0n) is 10.5. The van der Waals surface area contributed by atoms with E-state index in [1.807, 2.05) is 0 Å². The first kappa shape index (κ1) is 14.9. The topological polar surface area (TPSA) is 88.5 Å². The van der Waals surface area contributed by atoms with Gasteiger partial charge in [-0.3, -0.25) is 0 Å². The lowest BCUT2D eigenvalue weighted by atomic mass is 10.3. The van der Waals surface area contributed by atoms with Crippen LogP contribution in [-0.4, -0.2) is 31.7 Å². The van der Waals surface area contributed by atoms with Crippen LogP contribution >= 0.6 is 11.3 Å². The Morgan fingerprint density at radius 2 is 2.05 bits per heavy atom. The highest BCUT2D eigenvalue weighted by Crippen LogP contribution is 2.16. The number of nitrogens with one attached hydrogen (secondary N) is 1.